The molecule has 0 radical (unpaired) electrons. The van der Waals surface area contributed by atoms with E-state index in [-0.39, 0.29) is 23.5 Å². The molecule has 2 atom stereocenters. The predicted molar refractivity (Wildman–Crippen MR) is 132 cm³/mol. The highest BCUT2D eigenvalue weighted by molar-refractivity contribution is 7.12. The molecule has 2 aliphatic rings. The first-order chi connectivity index (χ1) is 16.2. The Kier molecular flexibility index (Phi) is 6.32. The summed E-state index contributed by atoms with van der Waals surface area (Å²) in [4.78, 5) is 16.1. The molecule has 1 aromatic heterocycles. The third-order valence-electron chi connectivity index (χ3n) is 7.02. The molecule has 0 bridgehead atoms. The summed E-state index contributed by atoms with van der Waals surface area (Å²) in [5, 5.41) is 5.22. The van der Waals surface area contributed by atoms with Crippen molar-refractivity contribution in [3.63, 3.8) is 0 Å². The topological polar surface area (TPSA) is 41.6 Å². The van der Waals surface area contributed by atoms with Crippen molar-refractivity contribution in [3.05, 3.63) is 93.7 Å². The van der Waals surface area contributed by atoms with Crippen LogP contribution in [0.4, 0.5) is 0 Å². The second-order valence-electron chi connectivity index (χ2n) is 8.77. The highest BCUT2D eigenvalue weighted by Crippen LogP contribution is 2.52. The number of methoxy groups -OCH3 is 1. The smallest absolute Gasteiger partial charge is 0.261 e. The van der Waals surface area contributed by atoms with Gasteiger partial charge in [-0.1, -0.05) is 60.4 Å². The second-order valence-corrected chi connectivity index (χ2v) is 9.72. The number of ether oxygens (including phenoxy) is 1. The number of hydrogen-bond donors (Lipinski definition) is 1. The van der Waals surface area contributed by atoms with E-state index in [1.54, 1.807) is 7.11 Å². The van der Waals surface area contributed by atoms with E-state index in [0.29, 0.717) is 0 Å². The maximum atomic E-state index is 12.9. The number of rotatable bonds is 4. The average Bonchev–Trinajstić information content (AvgIpc) is 3.48. The van der Waals surface area contributed by atoms with Crippen molar-refractivity contribution >= 4 is 17.2 Å². The van der Waals surface area contributed by atoms with Crippen LogP contribution in [0.3, 0.4) is 0 Å². The zero-order valence-electron chi connectivity index (χ0n) is 18.8. The number of piperidine rings is 1. The lowest BCUT2D eigenvalue weighted by Crippen LogP contribution is -2.50. The first-order valence-electron chi connectivity index (χ1n) is 11.4. The van der Waals surface area contributed by atoms with Crippen LogP contribution in [0, 0.1) is 11.8 Å². The Bertz CT molecular complexity index is 1160. The summed E-state index contributed by atoms with van der Waals surface area (Å²) in [7, 11) is 1.78. The lowest BCUT2D eigenvalue weighted by atomic mass is 9.72. The van der Waals surface area contributed by atoms with Gasteiger partial charge in [-0.05, 0) is 47.5 Å². The van der Waals surface area contributed by atoms with Gasteiger partial charge in [0.15, 0.2) is 0 Å². The van der Waals surface area contributed by atoms with Gasteiger partial charge in [0, 0.05) is 31.2 Å². The number of nitrogens with zero attached hydrogens (tertiary/aromatic N) is 1. The first-order valence-corrected chi connectivity index (χ1v) is 12.3. The zero-order valence-corrected chi connectivity index (χ0v) is 19.6. The number of carbonyl (C=O) groups is 1. The Hall–Kier alpha value is -2.91. The van der Waals surface area contributed by atoms with Gasteiger partial charge in [-0.25, -0.2) is 0 Å². The minimum absolute atomic E-state index is 0.0301. The molecule has 5 rings (SSSR count). The van der Waals surface area contributed by atoms with Crippen LogP contribution in [0.5, 0.6) is 0 Å². The molecule has 4 nitrogen and oxygen atoms in total. The Morgan fingerprint density at radius 1 is 1.09 bits per heavy atom. The van der Waals surface area contributed by atoms with Gasteiger partial charge in [0.1, 0.15) is 0 Å². The fourth-order valence-electron chi connectivity index (χ4n) is 5.43. The molecule has 1 saturated heterocycles. The van der Waals surface area contributed by atoms with E-state index in [4.69, 9.17) is 4.74 Å². The lowest BCUT2D eigenvalue weighted by Gasteiger charge is -2.43. The molecule has 1 spiro atoms. The van der Waals surface area contributed by atoms with Gasteiger partial charge in [0.25, 0.3) is 5.91 Å². The van der Waals surface area contributed by atoms with E-state index in [1.807, 2.05) is 47.8 Å². The third kappa shape index (κ3) is 4.22. The molecule has 2 aromatic carbocycles. The van der Waals surface area contributed by atoms with Crippen molar-refractivity contribution in [1.29, 1.82) is 0 Å². The van der Waals surface area contributed by atoms with Gasteiger partial charge in [-0.15, -0.1) is 11.3 Å². The van der Waals surface area contributed by atoms with Gasteiger partial charge in [-0.2, -0.15) is 0 Å². The fourth-order valence-corrected chi connectivity index (χ4v) is 6.06. The van der Waals surface area contributed by atoms with Crippen LogP contribution in [-0.4, -0.2) is 43.7 Å². The van der Waals surface area contributed by atoms with Crippen LogP contribution in [0.2, 0.25) is 0 Å². The largest absolute Gasteiger partial charge is 0.378 e. The normalized spacial score (nSPS) is 21.2. The number of likely N-dealkylation sites (tertiary alicyclic amines) is 1. The maximum Gasteiger partial charge on any atom is 0.261 e. The van der Waals surface area contributed by atoms with Crippen LogP contribution in [-0.2, 0) is 10.2 Å². The van der Waals surface area contributed by atoms with E-state index >= 15 is 0 Å². The Balaban J connectivity index is 1.33. The molecule has 2 heterocycles. The molecule has 0 unspecified atom stereocenters. The van der Waals surface area contributed by atoms with E-state index in [2.05, 4.69) is 46.3 Å². The summed E-state index contributed by atoms with van der Waals surface area (Å²) in [5.41, 5.74) is 3.47. The molecule has 1 fully saturated rings. The summed E-state index contributed by atoms with van der Waals surface area (Å²) in [6.45, 7) is 2.69. The highest BCUT2D eigenvalue weighted by Gasteiger charge is 2.53. The SMILES string of the molecule is CO[C@H]1[C@H](NC(=O)c2cccs2)c2ccccc2C12CCN(CC#Cc1ccccc1)CC2. The number of thiophene rings is 1. The maximum absolute atomic E-state index is 12.9. The van der Waals surface area contributed by atoms with Crippen molar-refractivity contribution in [2.24, 2.45) is 0 Å². The molecule has 1 aliphatic carbocycles. The Labute approximate surface area is 199 Å². The summed E-state index contributed by atoms with van der Waals surface area (Å²) in [6, 6.07) is 22.3. The number of hydrogen-bond acceptors (Lipinski definition) is 4. The average molecular weight is 457 g/mol. The minimum atomic E-state index is -0.148. The molecule has 33 heavy (non-hydrogen) atoms. The Morgan fingerprint density at radius 3 is 2.58 bits per heavy atom. The van der Waals surface area contributed by atoms with Gasteiger partial charge in [0.2, 0.25) is 0 Å². The quantitative estimate of drug-likeness (QED) is 0.582. The highest BCUT2D eigenvalue weighted by atomic mass is 32.1. The molecule has 1 amide bonds. The van der Waals surface area contributed by atoms with E-state index in [1.165, 1.54) is 22.5 Å². The standard InChI is InChI=1S/C28H28N2O2S/c1-32-26-25(29-27(31)24-14-8-20-33-24)22-12-5-6-13-23(22)28(26)15-18-30(19-16-28)17-7-11-21-9-3-2-4-10-21/h2-6,8-10,12-14,20,25-26H,15-19H2,1H3,(H,29,31)/t25-,26+/m1/s1. The molecule has 5 heteroatoms. The Morgan fingerprint density at radius 2 is 1.85 bits per heavy atom. The summed E-state index contributed by atoms with van der Waals surface area (Å²) >= 11 is 1.47. The van der Waals surface area contributed by atoms with Crippen molar-refractivity contribution in [3.8, 4) is 11.8 Å². The number of benzene rings is 2. The lowest BCUT2D eigenvalue weighted by molar-refractivity contribution is -0.00950. The predicted octanol–water partition coefficient (Wildman–Crippen LogP) is 4.63. The molecule has 168 valence electrons. The summed E-state index contributed by atoms with van der Waals surface area (Å²) in [6.07, 6.45) is 1.89. The van der Waals surface area contributed by atoms with Crippen LogP contribution < -0.4 is 5.32 Å². The molecular weight excluding hydrogens is 428 g/mol. The van der Waals surface area contributed by atoms with Gasteiger partial charge < -0.3 is 10.1 Å². The molecular formula is C28H28N2O2S. The minimum Gasteiger partial charge on any atom is -0.378 e. The summed E-state index contributed by atoms with van der Waals surface area (Å²) in [5.74, 6) is 6.57. The van der Waals surface area contributed by atoms with Gasteiger partial charge in [-0.3, -0.25) is 9.69 Å². The number of fused-ring (bicyclic) bond motifs is 2. The number of amides is 1. The molecule has 0 saturated carbocycles. The van der Waals surface area contributed by atoms with E-state index < -0.39 is 0 Å². The fraction of sp³-hybridized carbons (Fsp3) is 0.321. The van der Waals surface area contributed by atoms with Crippen molar-refractivity contribution in [2.75, 3.05) is 26.7 Å². The first kappa shape index (κ1) is 21.9. The third-order valence-corrected chi connectivity index (χ3v) is 7.89. The van der Waals surface area contributed by atoms with Crippen LogP contribution in [0.25, 0.3) is 0 Å². The van der Waals surface area contributed by atoms with Crippen LogP contribution in [0.15, 0.2) is 72.1 Å². The van der Waals surface area contributed by atoms with Gasteiger partial charge in [0.05, 0.1) is 23.6 Å². The zero-order chi connectivity index (χ0) is 22.7. The van der Waals surface area contributed by atoms with Crippen molar-refractivity contribution in [1.82, 2.24) is 10.2 Å². The second kappa shape index (κ2) is 9.52. The van der Waals surface area contributed by atoms with Crippen LogP contribution in [0.1, 0.15) is 45.2 Å². The molecule has 1 aliphatic heterocycles. The summed E-state index contributed by atoms with van der Waals surface area (Å²) < 4.78 is 6.13. The van der Waals surface area contributed by atoms with E-state index in [9.17, 15) is 4.79 Å². The van der Waals surface area contributed by atoms with E-state index in [0.717, 1.165) is 42.9 Å². The van der Waals surface area contributed by atoms with Crippen molar-refractivity contribution in [2.45, 2.75) is 30.4 Å². The monoisotopic (exact) mass is 456 g/mol. The number of nitrogens with one attached hydrogen (secondary N) is 1. The number of carbonyl (C=O) groups excluding carboxylic acids is 1. The molecule has 3 aromatic rings. The van der Waals surface area contributed by atoms with Crippen molar-refractivity contribution < 1.29 is 9.53 Å². The van der Waals surface area contributed by atoms with Gasteiger partial charge >= 0.3 is 0 Å². The van der Waals surface area contributed by atoms with Crippen LogP contribution >= 0.6 is 11.3 Å². The molecule has 1 N–H and O–H groups in total.